The van der Waals surface area contributed by atoms with Crippen molar-refractivity contribution in [2.45, 2.75) is 37.6 Å². The molecule has 0 spiro atoms. The minimum Gasteiger partial charge on any atom is -0.340 e. The number of benzene rings is 1. The van der Waals surface area contributed by atoms with Crippen LogP contribution in [-0.4, -0.2) is 66.9 Å². The van der Waals surface area contributed by atoms with E-state index in [0.717, 1.165) is 52.1 Å². The minimum atomic E-state index is 0.152. The highest BCUT2D eigenvalue weighted by Crippen LogP contribution is 2.39. The van der Waals surface area contributed by atoms with Crippen molar-refractivity contribution in [3.63, 3.8) is 0 Å². The van der Waals surface area contributed by atoms with Crippen molar-refractivity contribution in [2.24, 2.45) is 5.92 Å². The lowest BCUT2D eigenvalue weighted by Gasteiger charge is -2.52. The second-order valence-corrected chi connectivity index (χ2v) is 8.14. The van der Waals surface area contributed by atoms with Gasteiger partial charge >= 0.3 is 0 Å². The summed E-state index contributed by atoms with van der Waals surface area (Å²) >= 11 is 0. The summed E-state index contributed by atoms with van der Waals surface area (Å²) in [5.74, 6) is 0.751. The van der Waals surface area contributed by atoms with E-state index in [1.54, 1.807) is 0 Å². The highest BCUT2D eigenvalue weighted by molar-refractivity contribution is 5.79. The van der Waals surface area contributed by atoms with Crippen molar-refractivity contribution < 1.29 is 4.79 Å². The molecular weight excluding hydrogens is 310 g/mol. The number of piperidine rings is 1. The van der Waals surface area contributed by atoms with Crippen molar-refractivity contribution in [1.29, 1.82) is 0 Å². The number of rotatable bonds is 3. The van der Waals surface area contributed by atoms with Crippen molar-refractivity contribution in [3.8, 4) is 0 Å². The molecular formula is C21H31N3O. The van der Waals surface area contributed by atoms with Gasteiger partial charge in [0.05, 0.1) is 0 Å². The SMILES string of the molecule is CN1CCC(c2ccccc2)(N2CCN(C(=O)C3CCC3)CC2)CC1. The van der Waals surface area contributed by atoms with Gasteiger partial charge in [-0.2, -0.15) is 0 Å². The molecule has 1 aromatic rings. The highest BCUT2D eigenvalue weighted by atomic mass is 16.2. The summed E-state index contributed by atoms with van der Waals surface area (Å²) in [6, 6.07) is 11.1. The van der Waals surface area contributed by atoms with Crippen LogP contribution in [0, 0.1) is 5.92 Å². The zero-order chi connectivity index (χ0) is 17.3. The third-order valence-corrected chi connectivity index (χ3v) is 6.78. The third-order valence-electron chi connectivity index (χ3n) is 6.78. The van der Waals surface area contributed by atoms with Crippen molar-refractivity contribution in [1.82, 2.24) is 14.7 Å². The Morgan fingerprint density at radius 2 is 1.60 bits per heavy atom. The Hall–Kier alpha value is -1.39. The van der Waals surface area contributed by atoms with Gasteiger partial charge in [-0.15, -0.1) is 0 Å². The van der Waals surface area contributed by atoms with E-state index in [0.29, 0.717) is 11.8 Å². The lowest BCUT2D eigenvalue weighted by atomic mass is 9.78. The Kier molecular flexibility index (Phi) is 4.83. The predicted octanol–water partition coefficient (Wildman–Crippen LogP) is 2.55. The van der Waals surface area contributed by atoms with Gasteiger partial charge in [0, 0.05) is 37.6 Å². The molecule has 1 aromatic carbocycles. The Morgan fingerprint density at radius 3 is 2.16 bits per heavy atom. The minimum absolute atomic E-state index is 0.152. The number of carbonyl (C=O) groups is 1. The maximum absolute atomic E-state index is 12.6. The molecule has 1 amide bonds. The maximum Gasteiger partial charge on any atom is 0.225 e. The van der Waals surface area contributed by atoms with Crippen LogP contribution in [0.15, 0.2) is 30.3 Å². The van der Waals surface area contributed by atoms with Crippen LogP contribution in [-0.2, 0) is 10.3 Å². The summed E-state index contributed by atoms with van der Waals surface area (Å²) in [5, 5.41) is 0. The second kappa shape index (κ2) is 7.08. The van der Waals surface area contributed by atoms with Gasteiger partial charge in [0.25, 0.3) is 0 Å². The first-order valence-electron chi connectivity index (χ1n) is 9.97. The predicted molar refractivity (Wildman–Crippen MR) is 100 cm³/mol. The summed E-state index contributed by atoms with van der Waals surface area (Å²) in [6.07, 6.45) is 5.83. The number of amides is 1. The first-order chi connectivity index (χ1) is 12.2. The molecule has 2 saturated heterocycles. The molecule has 3 fully saturated rings. The third kappa shape index (κ3) is 3.22. The van der Waals surface area contributed by atoms with E-state index in [2.05, 4.69) is 52.1 Å². The highest BCUT2D eigenvalue weighted by Gasteiger charge is 2.42. The monoisotopic (exact) mass is 341 g/mol. The van der Waals surface area contributed by atoms with Gasteiger partial charge < -0.3 is 9.80 Å². The lowest BCUT2D eigenvalue weighted by Crippen LogP contribution is -2.60. The molecule has 4 nitrogen and oxygen atoms in total. The van der Waals surface area contributed by atoms with E-state index in [9.17, 15) is 4.79 Å². The smallest absolute Gasteiger partial charge is 0.225 e. The molecule has 136 valence electrons. The molecule has 25 heavy (non-hydrogen) atoms. The Morgan fingerprint density at radius 1 is 0.960 bits per heavy atom. The molecule has 2 aliphatic heterocycles. The summed E-state index contributed by atoms with van der Waals surface area (Å²) in [6.45, 7) is 6.12. The summed E-state index contributed by atoms with van der Waals surface area (Å²) in [5.41, 5.74) is 1.61. The van der Waals surface area contributed by atoms with Crippen molar-refractivity contribution in [3.05, 3.63) is 35.9 Å². The molecule has 0 unspecified atom stereocenters. The van der Waals surface area contributed by atoms with Crippen molar-refractivity contribution in [2.75, 3.05) is 46.3 Å². The maximum atomic E-state index is 12.6. The summed E-state index contributed by atoms with van der Waals surface area (Å²) in [7, 11) is 2.23. The number of hydrogen-bond acceptors (Lipinski definition) is 3. The standard InChI is InChI=1S/C21H31N3O/c1-22-12-10-21(11-13-22,19-8-3-2-4-9-19)24-16-14-23(15-17-24)20(25)18-6-5-7-18/h2-4,8-9,18H,5-7,10-17H2,1H3. The van der Waals surface area contributed by atoms with Crippen LogP contribution in [0.25, 0.3) is 0 Å². The number of piperazine rings is 1. The second-order valence-electron chi connectivity index (χ2n) is 8.14. The Labute approximate surface area is 151 Å². The summed E-state index contributed by atoms with van der Waals surface area (Å²) in [4.78, 5) is 19.8. The van der Waals surface area contributed by atoms with Crippen LogP contribution in [0.1, 0.15) is 37.7 Å². The molecule has 0 aromatic heterocycles. The molecule has 0 N–H and O–H groups in total. The lowest BCUT2D eigenvalue weighted by molar-refractivity contribution is -0.141. The van der Waals surface area contributed by atoms with E-state index in [-0.39, 0.29) is 5.54 Å². The average molecular weight is 341 g/mol. The van der Waals surface area contributed by atoms with E-state index in [4.69, 9.17) is 0 Å². The Balaban J connectivity index is 1.48. The van der Waals surface area contributed by atoms with E-state index < -0.39 is 0 Å². The molecule has 0 atom stereocenters. The van der Waals surface area contributed by atoms with Gasteiger partial charge in [0.1, 0.15) is 0 Å². The summed E-state index contributed by atoms with van der Waals surface area (Å²) < 4.78 is 0. The quantitative estimate of drug-likeness (QED) is 0.845. The number of nitrogens with zero attached hydrogens (tertiary/aromatic N) is 3. The molecule has 2 heterocycles. The average Bonchev–Trinajstić information content (AvgIpc) is 2.62. The van der Waals surface area contributed by atoms with Gasteiger partial charge in [0.15, 0.2) is 0 Å². The molecule has 1 saturated carbocycles. The van der Waals surface area contributed by atoms with Crippen LogP contribution in [0.4, 0.5) is 0 Å². The van der Waals surface area contributed by atoms with Crippen molar-refractivity contribution >= 4 is 5.91 Å². The van der Waals surface area contributed by atoms with Gasteiger partial charge in [-0.05, 0) is 51.4 Å². The first kappa shape index (κ1) is 17.0. The normalized spacial score (nSPS) is 25.6. The number of likely N-dealkylation sites (tertiary alicyclic amines) is 1. The number of carbonyl (C=O) groups excluding carboxylic acids is 1. The van der Waals surface area contributed by atoms with Crippen LogP contribution in [0.5, 0.6) is 0 Å². The van der Waals surface area contributed by atoms with Crippen LogP contribution in [0.2, 0.25) is 0 Å². The Bertz CT molecular complexity index is 582. The first-order valence-corrected chi connectivity index (χ1v) is 9.97. The van der Waals surface area contributed by atoms with E-state index in [1.807, 2.05) is 0 Å². The van der Waals surface area contributed by atoms with E-state index in [1.165, 1.54) is 24.8 Å². The van der Waals surface area contributed by atoms with Gasteiger partial charge in [-0.25, -0.2) is 0 Å². The molecule has 0 bridgehead atoms. The fourth-order valence-electron chi connectivity index (χ4n) is 4.79. The fourth-order valence-corrected chi connectivity index (χ4v) is 4.79. The van der Waals surface area contributed by atoms with Gasteiger partial charge in [-0.3, -0.25) is 9.69 Å². The van der Waals surface area contributed by atoms with Crippen LogP contribution >= 0.6 is 0 Å². The molecule has 3 aliphatic rings. The molecule has 4 heteroatoms. The zero-order valence-corrected chi connectivity index (χ0v) is 15.5. The fraction of sp³-hybridized carbons (Fsp3) is 0.667. The van der Waals surface area contributed by atoms with Crippen LogP contribution in [0.3, 0.4) is 0 Å². The van der Waals surface area contributed by atoms with E-state index >= 15 is 0 Å². The molecule has 4 rings (SSSR count). The van der Waals surface area contributed by atoms with Gasteiger partial charge in [0.2, 0.25) is 5.91 Å². The zero-order valence-electron chi connectivity index (χ0n) is 15.5. The topological polar surface area (TPSA) is 26.8 Å². The largest absolute Gasteiger partial charge is 0.340 e. The molecule has 0 radical (unpaired) electrons. The number of hydrogen-bond donors (Lipinski definition) is 0. The van der Waals surface area contributed by atoms with Gasteiger partial charge in [-0.1, -0.05) is 36.8 Å². The van der Waals surface area contributed by atoms with Crippen LogP contribution < -0.4 is 0 Å². The molecule has 1 aliphatic carbocycles.